The number of para-hydroxylation sites is 2. The molecule has 38 heavy (non-hydrogen) atoms. The second-order valence-corrected chi connectivity index (χ2v) is 9.42. The Hall–Kier alpha value is -5.29. The molecule has 0 unspecified atom stereocenters. The highest BCUT2D eigenvalue weighted by Gasteiger charge is 2.20. The van der Waals surface area contributed by atoms with Crippen LogP contribution in [0.15, 0.2) is 121 Å². The molecule has 0 atom stereocenters. The summed E-state index contributed by atoms with van der Waals surface area (Å²) >= 11 is 0. The molecule has 5 nitrogen and oxygen atoms in total. The van der Waals surface area contributed by atoms with E-state index in [2.05, 4.69) is 70.2 Å². The van der Waals surface area contributed by atoms with E-state index in [0.717, 1.165) is 44.0 Å². The van der Waals surface area contributed by atoms with Gasteiger partial charge in [0.1, 0.15) is 0 Å². The fourth-order valence-corrected chi connectivity index (χ4v) is 5.49. The molecule has 5 heteroatoms. The van der Waals surface area contributed by atoms with Gasteiger partial charge in [-0.2, -0.15) is 9.97 Å². The van der Waals surface area contributed by atoms with E-state index < -0.39 is 0 Å². The van der Waals surface area contributed by atoms with Crippen LogP contribution in [-0.4, -0.2) is 24.5 Å². The summed E-state index contributed by atoms with van der Waals surface area (Å²) in [5.41, 5.74) is 6.26. The van der Waals surface area contributed by atoms with Gasteiger partial charge in [0.2, 0.25) is 5.95 Å². The van der Waals surface area contributed by atoms with Crippen molar-refractivity contribution in [2.24, 2.45) is 0 Å². The Morgan fingerprint density at radius 2 is 1.08 bits per heavy atom. The molecule has 8 rings (SSSR count). The van der Waals surface area contributed by atoms with Crippen molar-refractivity contribution >= 4 is 43.6 Å². The maximum absolute atomic E-state index is 5.03. The molecule has 0 spiro atoms. The minimum atomic E-state index is 0.597. The fourth-order valence-electron chi connectivity index (χ4n) is 5.49. The minimum Gasteiger partial charge on any atom is -0.354 e. The monoisotopic (exact) mass is 487 g/mol. The molecule has 178 valence electrons. The molecular formula is C33H21N5. The van der Waals surface area contributed by atoms with E-state index in [-0.39, 0.29) is 0 Å². The van der Waals surface area contributed by atoms with Crippen molar-refractivity contribution in [3.8, 4) is 28.7 Å². The summed E-state index contributed by atoms with van der Waals surface area (Å²) in [5, 5.41) is 4.75. The average molecular weight is 488 g/mol. The Balaban J connectivity index is 1.49. The number of nitrogens with one attached hydrogen (secondary N) is 1. The highest BCUT2D eigenvalue weighted by Crippen LogP contribution is 2.38. The van der Waals surface area contributed by atoms with E-state index in [1.165, 1.54) is 10.8 Å². The van der Waals surface area contributed by atoms with Crippen LogP contribution < -0.4 is 0 Å². The number of rotatable bonds is 3. The predicted molar refractivity (Wildman–Crippen MR) is 154 cm³/mol. The van der Waals surface area contributed by atoms with Gasteiger partial charge < -0.3 is 4.98 Å². The molecule has 3 heterocycles. The van der Waals surface area contributed by atoms with Crippen LogP contribution in [0.2, 0.25) is 0 Å². The molecule has 1 N–H and O–H groups in total. The molecule has 0 aliphatic carbocycles. The van der Waals surface area contributed by atoms with E-state index in [1.807, 2.05) is 60.7 Å². The first-order valence-corrected chi connectivity index (χ1v) is 12.6. The normalized spacial score (nSPS) is 11.7. The van der Waals surface area contributed by atoms with Gasteiger partial charge in [-0.15, -0.1) is 0 Å². The van der Waals surface area contributed by atoms with Gasteiger partial charge >= 0.3 is 0 Å². The number of H-pyrrole nitrogens is 1. The summed E-state index contributed by atoms with van der Waals surface area (Å²) in [6.45, 7) is 0. The first-order chi connectivity index (χ1) is 18.8. The summed E-state index contributed by atoms with van der Waals surface area (Å²) in [4.78, 5) is 18.6. The van der Waals surface area contributed by atoms with Crippen molar-refractivity contribution < 1.29 is 0 Å². The van der Waals surface area contributed by atoms with E-state index >= 15 is 0 Å². The molecule has 0 amide bonds. The zero-order chi connectivity index (χ0) is 25.1. The highest BCUT2D eigenvalue weighted by molar-refractivity contribution is 6.25. The first kappa shape index (κ1) is 20.9. The number of fused-ring (bicyclic) bond motifs is 7. The third kappa shape index (κ3) is 3.09. The van der Waals surface area contributed by atoms with Gasteiger partial charge in [-0.3, -0.25) is 4.57 Å². The van der Waals surface area contributed by atoms with Crippen molar-refractivity contribution in [2.75, 3.05) is 0 Å². The third-order valence-electron chi connectivity index (χ3n) is 7.20. The summed E-state index contributed by atoms with van der Waals surface area (Å²) in [6.07, 6.45) is 0. The summed E-state index contributed by atoms with van der Waals surface area (Å²) in [5.74, 6) is 1.89. The lowest BCUT2D eigenvalue weighted by molar-refractivity contribution is 0.953. The zero-order valence-electron chi connectivity index (χ0n) is 20.3. The van der Waals surface area contributed by atoms with E-state index in [0.29, 0.717) is 17.6 Å². The quantitative estimate of drug-likeness (QED) is 0.275. The number of nitrogens with zero attached hydrogens (tertiary/aromatic N) is 4. The molecule has 0 saturated heterocycles. The lowest BCUT2D eigenvalue weighted by Crippen LogP contribution is -2.06. The third-order valence-corrected chi connectivity index (χ3v) is 7.20. The Kier molecular flexibility index (Phi) is 4.45. The molecule has 0 fully saturated rings. The molecule has 3 aromatic heterocycles. The predicted octanol–water partition coefficient (Wildman–Crippen LogP) is 7.94. The highest BCUT2D eigenvalue weighted by atomic mass is 15.2. The number of aromatic amines is 1. The Morgan fingerprint density at radius 1 is 0.474 bits per heavy atom. The molecular weight excluding hydrogens is 466 g/mol. The van der Waals surface area contributed by atoms with Gasteiger partial charge in [0.15, 0.2) is 11.6 Å². The van der Waals surface area contributed by atoms with Gasteiger partial charge in [0, 0.05) is 38.2 Å². The largest absolute Gasteiger partial charge is 0.354 e. The molecule has 0 bridgehead atoms. The zero-order valence-corrected chi connectivity index (χ0v) is 20.3. The van der Waals surface area contributed by atoms with Crippen LogP contribution in [-0.2, 0) is 0 Å². The van der Waals surface area contributed by atoms with Gasteiger partial charge in [0.25, 0.3) is 0 Å². The smallest absolute Gasteiger partial charge is 0.238 e. The molecule has 8 aromatic rings. The lowest BCUT2D eigenvalue weighted by Gasteiger charge is -2.10. The van der Waals surface area contributed by atoms with Crippen LogP contribution in [0.1, 0.15) is 0 Å². The molecule has 5 aromatic carbocycles. The van der Waals surface area contributed by atoms with Crippen LogP contribution in [0.3, 0.4) is 0 Å². The Labute approximate surface area is 218 Å². The van der Waals surface area contributed by atoms with Crippen molar-refractivity contribution in [3.05, 3.63) is 121 Å². The van der Waals surface area contributed by atoms with Crippen molar-refractivity contribution in [2.45, 2.75) is 0 Å². The minimum absolute atomic E-state index is 0.597. The van der Waals surface area contributed by atoms with Crippen LogP contribution in [0.5, 0.6) is 0 Å². The summed E-state index contributed by atoms with van der Waals surface area (Å²) in [6, 6.07) is 41.5. The Bertz CT molecular complexity index is 2060. The summed E-state index contributed by atoms with van der Waals surface area (Å²) in [7, 11) is 0. The fraction of sp³-hybridized carbons (Fsp3) is 0. The van der Waals surface area contributed by atoms with Crippen LogP contribution >= 0.6 is 0 Å². The SMILES string of the molecule is c1ccc(-c2nc(-c3ccccc3)nc(-n3c4ccccc4c4c5[nH]c6ccccc6c5ccc43)n2)cc1. The maximum Gasteiger partial charge on any atom is 0.238 e. The average Bonchev–Trinajstić information content (AvgIpc) is 3.53. The second kappa shape index (κ2) is 8.11. The molecule has 0 radical (unpaired) electrons. The standard InChI is InChI=1S/C33H21N5/c1-3-11-21(12-4-1)31-35-32(22-13-5-2-6-14-22)37-33(36-31)38-27-18-10-8-16-25(27)29-28(38)20-19-24-23-15-7-9-17-26(23)34-30(24)29/h1-20,34H. The van der Waals surface area contributed by atoms with E-state index in [1.54, 1.807) is 0 Å². The number of aromatic nitrogens is 5. The Morgan fingerprint density at radius 3 is 1.79 bits per heavy atom. The first-order valence-electron chi connectivity index (χ1n) is 12.6. The van der Waals surface area contributed by atoms with Crippen LogP contribution in [0.4, 0.5) is 0 Å². The van der Waals surface area contributed by atoms with Crippen molar-refractivity contribution in [3.63, 3.8) is 0 Å². The van der Waals surface area contributed by atoms with Crippen molar-refractivity contribution in [1.29, 1.82) is 0 Å². The van der Waals surface area contributed by atoms with Crippen LogP contribution in [0, 0.1) is 0 Å². The van der Waals surface area contributed by atoms with Gasteiger partial charge in [-0.1, -0.05) is 103 Å². The maximum atomic E-state index is 5.03. The van der Waals surface area contributed by atoms with Crippen LogP contribution in [0.25, 0.3) is 72.3 Å². The van der Waals surface area contributed by atoms with Gasteiger partial charge in [0.05, 0.1) is 16.6 Å². The molecule has 0 aliphatic heterocycles. The van der Waals surface area contributed by atoms with Gasteiger partial charge in [-0.25, -0.2) is 4.98 Å². The second-order valence-electron chi connectivity index (χ2n) is 9.42. The summed E-state index contributed by atoms with van der Waals surface area (Å²) < 4.78 is 2.16. The van der Waals surface area contributed by atoms with E-state index in [9.17, 15) is 0 Å². The number of hydrogen-bond acceptors (Lipinski definition) is 3. The molecule has 0 aliphatic rings. The number of benzene rings is 5. The number of hydrogen-bond donors (Lipinski definition) is 1. The topological polar surface area (TPSA) is 59.4 Å². The molecule has 0 saturated carbocycles. The lowest BCUT2D eigenvalue weighted by atomic mass is 10.1. The van der Waals surface area contributed by atoms with E-state index in [4.69, 9.17) is 15.0 Å². The van der Waals surface area contributed by atoms with Crippen molar-refractivity contribution in [1.82, 2.24) is 24.5 Å². The van der Waals surface area contributed by atoms with Gasteiger partial charge in [-0.05, 0) is 18.2 Å².